The van der Waals surface area contributed by atoms with Gasteiger partial charge < -0.3 is 5.73 Å². The molecule has 72 valence electrons. The Balaban J connectivity index is 3.15. The molecule has 1 aromatic rings. The normalized spacial score (nSPS) is 11.5. The van der Waals surface area contributed by atoms with Crippen molar-refractivity contribution >= 4 is 15.5 Å². The monoisotopic (exact) mass is 204 g/mol. The van der Waals surface area contributed by atoms with Gasteiger partial charge in [-0.25, -0.2) is 17.8 Å². The van der Waals surface area contributed by atoms with Crippen molar-refractivity contribution in [1.82, 2.24) is 4.98 Å². The third-order valence-corrected chi connectivity index (χ3v) is 3.06. The van der Waals surface area contributed by atoms with Gasteiger partial charge in [-0.1, -0.05) is 0 Å². The number of nitrogens with zero attached hydrogens (tertiary/aromatic N) is 1. The molecule has 0 aliphatic carbocycles. The lowest BCUT2D eigenvalue weighted by Gasteiger charge is -2.02. The van der Waals surface area contributed by atoms with Gasteiger partial charge in [0.05, 0.1) is 11.4 Å². The highest BCUT2D eigenvalue weighted by Crippen LogP contribution is 2.15. The van der Waals surface area contributed by atoms with E-state index < -0.39 is 22.3 Å². The number of sulfone groups is 1. The van der Waals surface area contributed by atoms with E-state index in [1.54, 1.807) is 0 Å². The molecule has 0 spiro atoms. The Morgan fingerprint density at radius 3 is 2.77 bits per heavy atom. The Bertz CT molecular complexity index is 391. The molecule has 0 saturated carbocycles. The van der Waals surface area contributed by atoms with Gasteiger partial charge in [-0.3, -0.25) is 0 Å². The summed E-state index contributed by atoms with van der Waals surface area (Å²) in [7, 11) is -3.65. The summed E-state index contributed by atoms with van der Waals surface area (Å²) in [6.07, 6.45) is 1.31. The molecule has 0 bridgehead atoms. The predicted molar refractivity (Wildman–Crippen MR) is 46.7 cm³/mol. The molecule has 0 aliphatic heterocycles. The van der Waals surface area contributed by atoms with Crippen molar-refractivity contribution in [3.63, 3.8) is 0 Å². The van der Waals surface area contributed by atoms with Crippen LogP contribution in [0.2, 0.25) is 0 Å². The van der Waals surface area contributed by atoms with Crippen LogP contribution in [0.15, 0.2) is 23.4 Å². The molecular formula is C7H9FN2O2S. The second-order valence-electron chi connectivity index (χ2n) is 2.41. The van der Waals surface area contributed by atoms with Crippen molar-refractivity contribution in [2.75, 3.05) is 18.2 Å². The van der Waals surface area contributed by atoms with Crippen LogP contribution in [0.25, 0.3) is 0 Å². The minimum absolute atomic E-state index is 0.0518. The van der Waals surface area contributed by atoms with Crippen molar-refractivity contribution in [3.05, 3.63) is 18.3 Å². The first-order valence-electron chi connectivity index (χ1n) is 3.57. The molecule has 1 aromatic heterocycles. The van der Waals surface area contributed by atoms with Crippen LogP contribution in [0.1, 0.15) is 0 Å². The molecule has 0 unspecified atom stereocenters. The molecular weight excluding hydrogens is 195 g/mol. The van der Waals surface area contributed by atoms with E-state index in [9.17, 15) is 12.8 Å². The molecule has 0 amide bonds. The van der Waals surface area contributed by atoms with Crippen molar-refractivity contribution in [1.29, 1.82) is 0 Å². The molecule has 2 N–H and O–H groups in total. The average molecular weight is 204 g/mol. The topological polar surface area (TPSA) is 73.0 Å². The minimum Gasteiger partial charge on any atom is -0.396 e. The lowest BCUT2D eigenvalue weighted by Crippen LogP contribution is -2.12. The maximum absolute atomic E-state index is 11.9. The van der Waals surface area contributed by atoms with Crippen LogP contribution in [0.5, 0.6) is 0 Å². The van der Waals surface area contributed by atoms with Gasteiger partial charge in [-0.2, -0.15) is 0 Å². The maximum Gasteiger partial charge on any atom is 0.200 e. The van der Waals surface area contributed by atoms with Crippen molar-refractivity contribution < 1.29 is 12.8 Å². The number of aromatic nitrogens is 1. The third-order valence-electron chi connectivity index (χ3n) is 1.44. The second-order valence-corrected chi connectivity index (χ2v) is 4.43. The summed E-state index contributed by atoms with van der Waals surface area (Å²) < 4.78 is 34.4. The molecule has 0 fully saturated rings. The SMILES string of the molecule is Nc1cccnc1S(=O)(=O)CCF. The number of pyridine rings is 1. The fourth-order valence-corrected chi connectivity index (χ4v) is 1.91. The van der Waals surface area contributed by atoms with Crippen LogP contribution in [-0.2, 0) is 9.84 Å². The number of rotatable bonds is 3. The number of nitrogens with two attached hydrogens (primary N) is 1. The summed E-state index contributed by atoms with van der Waals surface area (Å²) in [5.41, 5.74) is 5.42. The summed E-state index contributed by atoms with van der Waals surface area (Å²) in [6, 6.07) is 2.93. The van der Waals surface area contributed by atoms with Gasteiger partial charge >= 0.3 is 0 Å². The standard InChI is InChI=1S/C7H9FN2O2S/c8-3-5-13(11,12)7-6(9)2-1-4-10-7/h1-2,4H,3,5,9H2. The Hall–Kier alpha value is -1.17. The zero-order valence-corrected chi connectivity index (χ0v) is 7.59. The summed E-state index contributed by atoms with van der Waals surface area (Å²) in [5, 5.41) is -0.243. The van der Waals surface area contributed by atoms with Crippen LogP contribution >= 0.6 is 0 Å². The summed E-state index contributed by atoms with van der Waals surface area (Å²) >= 11 is 0. The summed E-state index contributed by atoms with van der Waals surface area (Å²) in [4.78, 5) is 3.59. The van der Waals surface area contributed by atoms with Crippen LogP contribution in [0.4, 0.5) is 10.1 Å². The van der Waals surface area contributed by atoms with E-state index in [1.807, 2.05) is 0 Å². The molecule has 4 nitrogen and oxygen atoms in total. The predicted octanol–water partition coefficient (Wildman–Crippen LogP) is 0.407. The second kappa shape index (κ2) is 3.69. The highest BCUT2D eigenvalue weighted by atomic mass is 32.2. The van der Waals surface area contributed by atoms with Crippen molar-refractivity contribution in [2.45, 2.75) is 5.03 Å². The molecule has 1 rings (SSSR count). The van der Waals surface area contributed by atoms with Crippen LogP contribution in [0.3, 0.4) is 0 Å². The van der Waals surface area contributed by atoms with Crippen molar-refractivity contribution in [3.8, 4) is 0 Å². The number of hydrogen-bond acceptors (Lipinski definition) is 4. The number of alkyl halides is 1. The van der Waals surface area contributed by atoms with Crippen LogP contribution in [0, 0.1) is 0 Å². The average Bonchev–Trinajstić information content (AvgIpc) is 2.04. The first-order chi connectivity index (χ1) is 6.08. The lowest BCUT2D eigenvalue weighted by atomic mass is 10.4. The molecule has 0 saturated heterocycles. The molecule has 13 heavy (non-hydrogen) atoms. The van der Waals surface area contributed by atoms with E-state index in [4.69, 9.17) is 5.73 Å². The van der Waals surface area contributed by atoms with Gasteiger partial charge in [0, 0.05) is 6.20 Å². The van der Waals surface area contributed by atoms with E-state index in [1.165, 1.54) is 18.3 Å². The van der Waals surface area contributed by atoms with E-state index in [2.05, 4.69) is 4.98 Å². The maximum atomic E-state index is 11.9. The fourth-order valence-electron chi connectivity index (χ4n) is 0.861. The zero-order valence-electron chi connectivity index (χ0n) is 6.77. The van der Waals surface area contributed by atoms with Gasteiger partial charge in [-0.05, 0) is 12.1 Å². The number of halogens is 1. The van der Waals surface area contributed by atoms with Gasteiger partial charge in [0.15, 0.2) is 14.9 Å². The van der Waals surface area contributed by atoms with E-state index in [0.29, 0.717) is 0 Å². The van der Waals surface area contributed by atoms with Gasteiger partial charge in [0.25, 0.3) is 0 Å². The van der Waals surface area contributed by atoms with Crippen LogP contribution < -0.4 is 5.73 Å². The first kappa shape index (κ1) is 9.91. The first-order valence-corrected chi connectivity index (χ1v) is 5.22. The number of anilines is 1. The summed E-state index contributed by atoms with van der Waals surface area (Å²) in [6.45, 7) is -0.932. The Labute approximate surface area is 75.5 Å². The quantitative estimate of drug-likeness (QED) is 0.773. The smallest absolute Gasteiger partial charge is 0.200 e. The number of nitrogen functional groups attached to an aromatic ring is 1. The minimum atomic E-state index is -3.65. The Kier molecular flexibility index (Phi) is 2.82. The lowest BCUT2D eigenvalue weighted by molar-refractivity contribution is 0.516. The molecule has 6 heteroatoms. The van der Waals surface area contributed by atoms with Gasteiger partial charge in [-0.15, -0.1) is 0 Å². The van der Waals surface area contributed by atoms with E-state index in [-0.39, 0.29) is 10.7 Å². The molecule has 1 heterocycles. The zero-order chi connectivity index (χ0) is 9.90. The van der Waals surface area contributed by atoms with Gasteiger partial charge in [0.2, 0.25) is 0 Å². The van der Waals surface area contributed by atoms with E-state index in [0.717, 1.165) is 0 Å². The Morgan fingerprint density at radius 2 is 2.23 bits per heavy atom. The highest BCUT2D eigenvalue weighted by molar-refractivity contribution is 7.91. The molecule has 0 atom stereocenters. The van der Waals surface area contributed by atoms with Crippen LogP contribution in [-0.4, -0.2) is 25.8 Å². The van der Waals surface area contributed by atoms with Gasteiger partial charge in [0.1, 0.15) is 6.67 Å². The molecule has 0 aliphatic rings. The third kappa shape index (κ3) is 2.15. The highest BCUT2D eigenvalue weighted by Gasteiger charge is 2.18. The van der Waals surface area contributed by atoms with E-state index >= 15 is 0 Å². The Morgan fingerprint density at radius 1 is 1.54 bits per heavy atom. The molecule has 0 aromatic carbocycles. The number of hydrogen-bond donors (Lipinski definition) is 1. The van der Waals surface area contributed by atoms with Crippen molar-refractivity contribution in [2.24, 2.45) is 0 Å². The summed E-state index contributed by atoms with van der Waals surface area (Å²) in [5.74, 6) is -0.575. The largest absolute Gasteiger partial charge is 0.396 e. The molecule has 0 radical (unpaired) electrons. The fraction of sp³-hybridized carbons (Fsp3) is 0.286.